The van der Waals surface area contributed by atoms with Crippen LogP contribution < -0.4 is 5.32 Å². The molecule has 5 rings (SSSR count). The molecule has 6 nitrogen and oxygen atoms in total. The van der Waals surface area contributed by atoms with Gasteiger partial charge in [0.15, 0.2) is 0 Å². The normalized spacial score (nSPS) is 17.0. The smallest absolute Gasteiger partial charge is 0.229 e. The number of anilines is 1. The van der Waals surface area contributed by atoms with Crippen molar-refractivity contribution < 1.29 is 9.59 Å². The van der Waals surface area contributed by atoms with Gasteiger partial charge in [-0.2, -0.15) is 0 Å². The summed E-state index contributed by atoms with van der Waals surface area (Å²) in [5.41, 5.74) is 3.96. The van der Waals surface area contributed by atoms with Gasteiger partial charge < -0.3 is 5.32 Å². The quantitative estimate of drug-likeness (QED) is 0.592. The number of aromatic nitrogens is 2. The number of hydrogen-bond donors (Lipinski definition) is 1. The highest BCUT2D eigenvalue weighted by Crippen LogP contribution is 2.31. The summed E-state index contributed by atoms with van der Waals surface area (Å²) in [5.74, 6) is 0.843. The van der Waals surface area contributed by atoms with Crippen molar-refractivity contribution in [1.29, 1.82) is 0 Å². The van der Waals surface area contributed by atoms with Crippen LogP contribution >= 0.6 is 12.4 Å². The van der Waals surface area contributed by atoms with E-state index >= 15 is 0 Å². The summed E-state index contributed by atoms with van der Waals surface area (Å²) in [6, 6.07) is 14.7. The Hall–Kier alpha value is -2.99. The SMILES string of the molecule is CC1CC(=O)N(Cc2cccc(-c3ccc4ncnc(NC5CC5)c4c3)c2)C(=O)C1.Cl. The molecule has 2 aliphatic rings. The number of nitrogens with zero attached hydrogens (tertiary/aromatic N) is 3. The van der Waals surface area contributed by atoms with E-state index in [1.54, 1.807) is 6.33 Å². The molecule has 1 aliphatic heterocycles. The van der Waals surface area contributed by atoms with Gasteiger partial charge >= 0.3 is 0 Å². The number of imide groups is 1. The van der Waals surface area contributed by atoms with Crippen molar-refractivity contribution in [3.8, 4) is 11.1 Å². The van der Waals surface area contributed by atoms with E-state index in [1.807, 2.05) is 37.3 Å². The van der Waals surface area contributed by atoms with E-state index in [1.165, 1.54) is 17.7 Å². The summed E-state index contributed by atoms with van der Waals surface area (Å²) in [7, 11) is 0. The van der Waals surface area contributed by atoms with E-state index < -0.39 is 0 Å². The number of nitrogens with one attached hydrogen (secondary N) is 1. The van der Waals surface area contributed by atoms with Crippen molar-refractivity contribution in [2.45, 2.75) is 45.2 Å². The maximum atomic E-state index is 12.3. The van der Waals surface area contributed by atoms with Crippen LogP contribution in [0.4, 0.5) is 5.82 Å². The fraction of sp³-hybridized carbons (Fsp3) is 0.333. The maximum Gasteiger partial charge on any atom is 0.229 e. The van der Waals surface area contributed by atoms with Gasteiger partial charge in [-0.3, -0.25) is 14.5 Å². The summed E-state index contributed by atoms with van der Waals surface area (Å²) < 4.78 is 0. The number of benzene rings is 2. The van der Waals surface area contributed by atoms with E-state index in [2.05, 4.69) is 27.4 Å². The standard InChI is InChI=1S/C24H24N4O2.ClH/c1-15-9-22(29)28(23(30)10-15)13-16-3-2-4-17(11-16)18-5-8-21-20(12-18)24(26-14-25-21)27-19-6-7-19;/h2-5,8,11-12,14-15,19H,6-7,9-10,13H2,1H3,(H,25,26,27);1H. The van der Waals surface area contributed by atoms with Gasteiger partial charge in [0.1, 0.15) is 12.1 Å². The lowest BCUT2D eigenvalue weighted by Crippen LogP contribution is -2.42. The van der Waals surface area contributed by atoms with Crippen LogP contribution in [0.2, 0.25) is 0 Å². The Bertz CT molecular complexity index is 1130. The summed E-state index contributed by atoms with van der Waals surface area (Å²) in [5, 5.41) is 4.49. The van der Waals surface area contributed by atoms with Crippen LogP contribution in [0.5, 0.6) is 0 Å². The van der Waals surface area contributed by atoms with E-state index in [0.29, 0.717) is 25.4 Å². The zero-order valence-corrected chi connectivity index (χ0v) is 18.2. The van der Waals surface area contributed by atoms with Crippen LogP contribution in [0, 0.1) is 5.92 Å². The van der Waals surface area contributed by atoms with Crippen LogP contribution in [0.3, 0.4) is 0 Å². The summed E-state index contributed by atoms with van der Waals surface area (Å²) in [4.78, 5) is 34.9. The third-order valence-electron chi connectivity index (χ3n) is 5.80. The number of carbonyl (C=O) groups excluding carboxylic acids is 2. The summed E-state index contributed by atoms with van der Waals surface area (Å²) in [6.45, 7) is 2.27. The van der Waals surface area contributed by atoms with Crippen LogP contribution in [0.1, 0.15) is 38.2 Å². The molecule has 0 atom stereocenters. The Kier molecular flexibility index (Phi) is 5.92. The number of halogens is 1. The molecule has 1 aromatic heterocycles. The predicted molar refractivity (Wildman–Crippen MR) is 123 cm³/mol. The van der Waals surface area contributed by atoms with Crippen molar-refractivity contribution >= 4 is 40.9 Å². The van der Waals surface area contributed by atoms with Gasteiger partial charge in [0.05, 0.1) is 12.1 Å². The van der Waals surface area contributed by atoms with Gasteiger partial charge in [-0.1, -0.05) is 31.2 Å². The van der Waals surface area contributed by atoms with Crippen LogP contribution in [-0.4, -0.2) is 32.7 Å². The van der Waals surface area contributed by atoms with Crippen molar-refractivity contribution in [3.05, 3.63) is 54.4 Å². The zero-order chi connectivity index (χ0) is 20.7. The third-order valence-corrected chi connectivity index (χ3v) is 5.80. The number of hydrogen-bond acceptors (Lipinski definition) is 5. The molecule has 0 spiro atoms. The molecule has 0 unspecified atom stereocenters. The number of amides is 2. The number of piperidine rings is 1. The average molecular weight is 437 g/mol. The molecule has 0 radical (unpaired) electrons. The van der Waals surface area contributed by atoms with Crippen molar-refractivity contribution in [2.75, 3.05) is 5.32 Å². The lowest BCUT2D eigenvalue weighted by Gasteiger charge is -2.28. The molecule has 3 aromatic rings. The topological polar surface area (TPSA) is 75.2 Å². The van der Waals surface area contributed by atoms with Crippen molar-refractivity contribution in [3.63, 3.8) is 0 Å². The van der Waals surface area contributed by atoms with Gasteiger partial charge in [0.2, 0.25) is 11.8 Å². The van der Waals surface area contributed by atoms with Crippen LogP contribution in [0.25, 0.3) is 22.0 Å². The maximum absolute atomic E-state index is 12.3. The van der Waals surface area contributed by atoms with Gasteiger partial charge in [0.25, 0.3) is 0 Å². The highest BCUT2D eigenvalue weighted by molar-refractivity contribution is 5.98. The van der Waals surface area contributed by atoms with Gasteiger partial charge in [0, 0.05) is 24.3 Å². The first-order chi connectivity index (χ1) is 14.6. The molecule has 2 fully saturated rings. The second kappa shape index (κ2) is 8.63. The lowest BCUT2D eigenvalue weighted by molar-refractivity contribution is -0.150. The Labute approximate surface area is 187 Å². The summed E-state index contributed by atoms with van der Waals surface area (Å²) in [6.07, 6.45) is 4.83. The number of fused-ring (bicyclic) bond motifs is 1. The Morgan fingerprint density at radius 1 is 1.00 bits per heavy atom. The van der Waals surface area contributed by atoms with E-state index in [9.17, 15) is 9.59 Å². The fourth-order valence-corrected chi connectivity index (χ4v) is 4.01. The Morgan fingerprint density at radius 3 is 2.48 bits per heavy atom. The molecule has 31 heavy (non-hydrogen) atoms. The highest BCUT2D eigenvalue weighted by atomic mass is 35.5. The molecule has 2 heterocycles. The predicted octanol–water partition coefficient (Wildman–Crippen LogP) is 4.58. The van der Waals surface area contributed by atoms with Crippen molar-refractivity contribution in [2.24, 2.45) is 5.92 Å². The summed E-state index contributed by atoms with van der Waals surface area (Å²) >= 11 is 0. The number of rotatable bonds is 5. The zero-order valence-electron chi connectivity index (χ0n) is 17.4. The first kappa shape index (κ1) is 21.2. The average Bonchev–Trinajstić information content (AvgIpc) is 3.55. The molecule has 1 saturated heterocycles. The van der Waals surface area contributed by atoms with Gasteiger partial charge in [-0.15, -0.1) is 12.4 Å². The number of likely N-dealkylation sites (tertiary alicyclic amines) is 1. The largest absolute Gasteiger partial charge is 0.367 e. The van der Waals surface area contributed by atoms with E-state index in [0.717, 1.165) is 33.4 Å². The molecular weight excluding hydrogens is 412 g/mol. The molecule has 1 saturated carbocycles. The first-order valence-corrected chi connectivity index (χ1v) is 10.5. The second-order valence-corrected chi connectivity index (χ2v) is 8.46. The minimum absolute atomic E-state index is 0. The minimum atomic E-state index is -0.0807. The highest BCUT2D eigenvalue weighted by Gasteiger charge is 2.30. The minimum Gasteiger partial charge on any atom is -0.367 e. The van der Waals surface area contributed by atoms with Crippen molar-refractivity contribution in [1.82, 2.24) is 14.9 Å². The molecule has 0 bridgehead atoms. The molecule has 2 amide bonds. The molecule has 1 aliphatic carbocycles. The van der Waals surface area contributed by atoms with Crippen LogP contribution in [-0.2, 0) is 16.1 Å². The number of carbonyl (C=O) groups is 2. The Balaban J connectivity index is 0.00000231. The Morgan fingerprint density at radius 2 is 1.74 bits per heavy atom. The molecule has 7 heteroatoms. The van der Waals surface area contributed by atoms with E-state index in [-0.39, 0.29) is 30.1 Å². The molecule has 1 N–H and O–H groups in total. The monoisotopic (exact) mass is 436 g/mol. The second-order valence-electron chi connectivity index (χ2n) is 8.46. The first-order valence-electron chi connectivity index (χ1n) is 10.5. The molecular formula is C24H25ClN4O2. The lowest BCUT2D eigenvalue weighted by atomic mass is 9.96. The fourth-order valence-electron chi connectivity index (χ4n) is 4.01. The third kappa shape index (κ3) is 4.54. The van der Waals surface area contributed by atoms with E-state index in [4.69, 9.17) is 0 Å². The van der Waals surface area contributed by atoms with Gasteiger partial charge in [-0.25, -0.2) is 9.97 Å². The van der Waals surface area contributed by atoms with Crippen LogP contribution in [0.15, 0.2) is 48.8 Å². The molecule has 2 aromatic carbocycles. The molecule has 160 valence electrons. The van der Waals surface area contributed by atoms with Gasteiger partial charge in [-0.05, 0) is 53.6 Å².